The SMILES string of the molecule is CCN1C(=O)NC(=O)/C(=C\c2cc(C)n(C3CCCC3)c2C)C1=O. The fourth-order valence-electron chi connectivity index (χ4n) is 3.81. The van der Waals surface area contributed by atoms with Crippen LogP contribution in [-0.4, -0.2) is 33.9 Å². The molecule has 128 valence electrons. The monoisotopic (exact) mass is 329 g/mol. The molecule has 2 aliphatic rings. The summed E-state index contributed by atoms with van der Waals surface area (Å²) in [6.45, 7) is 6.01. The molecule has 24 heavy (non-hydrogen) atoms. The number of aromatic nitrogens is 1. The third-order valence-corrected chi connectivity index (χ3v) is 5.02. The van der Waals surface area contributed by atoms with E-state index >= 15 is 0 Å². The number of nitrogens with one attached hydrogen (secondary N) is 1. The Kier molecular flexibility index (Phi) is 4.30. The van der Waals surface area contributed by atoms with Crippen LogP contribution < -0.4 is 5.32 Å². The van der Waals surface area contributed by atoms with Crippen molar-refractivity contribution in [1.29, 1.82) is 0 Å². The predicted octanol–water partition coefficient (Wildman–Crippen LogP) is 2.70. The van der Waals surface area contributed by atoms with Crippen LogP contribution in [0.4, 0.5) is 4.79 Å². The third kappa shape index (κ3) is 2.66. The maximum absolute atomic E-state index is 12.4. The fourth-order valence-corrected chi connectivity index (χ4v) is 3.81. The number of hydrogen-bond acceptors (Lipinski definition) is 3. The quantitative estimate of drug-likeness (QED) is 0.684. The van der Waals surface area contributed by atoms with Crippen molar-refractivity contribution in [2.75, 3.05) is 6.54 Å². The van der Waals surface area contributed by atoms with Crippen molar-refractivity contribution in [2.45, 2.75) is 52.5 Å². The first-order valence-corrected chi connectivity index (χ1v) is 8.51. The van der Waals surface area contributed by atoms with Crippen molar-refractivity contribution in [1.82, 2.24) is 14.8 Å². The van der Waals surface area contributed by atoms with Gasteiger partial charge in [0.15, 0.2) is 0 Å². The van der Waals surface area contributed by atoms with Gasteiger partial charge >= 0.3 is 6.03 Å². The molecule has 0 spiro atoms. The van der Waals surface area contributed by atoms with Gasteiger partial charge in [0.05, 0.1) is 0 Å². The van der Waals surface area contributed by atoms with Gasteiger partial charge in [-0.2, -0.15) is 0 Å². The van der Waals surface area contributed by atoms with Crippen molar-refractivity contribution >= 4 is 23.9 Å². The summed E-state index contributed by atoms with van der Waals surface area (Å²) in [5.74, 6) is -1.16. The van der Waals surface area contributed by atoms with Crippen molar-refractivity contribution in [3.63, 3.8) is 0 Å². The Balaban J connectivity index is 1.98. The summed E-state index contributed by atoms with van der Waals surface area (Å²) in [4.78, 5) is 37.2. The largest absolute Gasteiger partial charge is 0.346 e. The summed E-state index contributed by atoms with van der Waals surface area (Å²) < 4.78 is 2.31. The van der Waals surface area contributed by atoms with Crippen LogP contribution >= 0.6 is 0 Å². The van der Waals surface area contributed by atoms with Crippen LogP contribution in [0.1, 0.15) is 55.6 Å². The van der Waals surface area contributed by atoms with Gasteiger partial charge in [0.2, 0.25) is 0 Å². The summed E-state index contributed by atoms with van der Waals surface area (Å²) in [7, 11) is 0. The minimum atomic E-state index is -0.652. The van der Waals surface area contributed by atoms with E-state index in [1.54, 1.807) is 13.0 Å². The summed E-state index contributed by atoms with van der Waals surface area (Å²) in [5.41, 5.74) is 3.08. The Morgan fingerprint density at radius 3 is 2.50 bits per heavy atom. The first-order valence-electron chi connectivity index (χ1n) is 8.51. The van der Waals surface area contributed by atoms with Gasteiger partial charge in [-0.05, 0) is 51.3 Å². The van der Waals surface area contributed by atoms with Gasteiger partial charge < -0.3 is 4.57 Å². The average molecular weight is 329 g/mol. The van der Waals surface area contributed by atoms with Gasteiger partial charge in [-0.3, -0.25) is 19.8 Å². The van der Waals surface area contributed by atoms with Gasteiger partial charge in [0, 0.05) is 24.0 Å². The molecule has 1 aliphatic heterocycles. The van der Waals surface area contributed by atoms with Crippen LogP contribution in [0, 0.1) is 13.8 Å². The van der Waals surface area contributed by atoms with E-state index in [1.165, 1.54) is 25.7 Å². The second-order valence-electron chi connectivity index (χ2n) is 6.50. The molecule has 4 amide bonds. The third-order valence-electron chi connectivity index (χ3n) is 5.02. The molecule has 0 unspecified atom stereocenters. The Morgan fingerprint density at radius 2 is 1.88 bits per heavy atom. The second-order valence-corrected chi connectivity index (χ2v) is 6.50. The standard InChI is InChI=1S/C18H23N3O3/c1-4-20-17(23)15(16(22)19-18(20)24)10-13-9-11(2)21(12(13)3)14-7-5-6-8-14/h9-10,14H,4-8H2,1-3H3,(H,19,22,24)/b15-10+. The number of amides is 4. The van der Waals surface area contributed by atoms with E-state index in [9.17, 15) is 14.4 Å². The molecule has 0 atom stereocenters. The smallest absolute Gasteiger partial charge is 0.331 e. The lowest BCUT2D eigenvalue weighted by atomic mass is 10.1. The molecule has 0 radical (unpaired) electrons. The van der Waals surface area contributed by atoms with Gasteiger partial charge in [-0.1, -0.05) is 12.8 Å². The molecular formula is C18H23N3O3. The Labute approximate surface area is 141 Å². The van der Waals surface area contributed by atoms with E-state index < -0.39 is 17.8 Å². The molecule has 1 aromatic heterocycles. The number of urea groups is 1. The van der Waals surface area contributed by atoms with Gasteiger partial charge in [-0.15, -0.1) is 0 Å². The number of carbonyl (C=O) groups excluding carboxylic acids is 3. The minimum absolute atomic E-state index is 0.0168. The molecule has 6 nitrogen and oxygen atoms in total. The molecule has 2 heterocycles. The number of hydrogen-bond donors (Lipinski definition) is 1. The maximum atomic E-state index is 12.4. The summed E-state index contributed by atoms with van der Waals surface area (Å²) in [5, 5.41) is 2.23. The summed E-state index contributed by atoms with van der Waals surface area (Å²) in [6.07, 6.45) is 6.44. The zero-order valence-corrected chi connectivity index (χ0v) is 14.4. The molecule has 1 aromatic rings. The van der Waals surface area contributed by atoms with E-state index in [2.05, 4.69) is 16.8 Å². The molecule has 1 saturated heterocycles. The van der Waals surface area contributed by atoms with E-state index in [1.807, 2.05) is 13.0 Å². The number of carbonyl (C=O) groups is 3. The number of aryl methyl sites for hydroxylation is 1. The highest BCUT2D eigenvalue weighted by atomic mass is 16.2. The number of rotatable bonds is 3. The second kappa shape index (κ2) is 6.26. The predicted molar refractivity (Wildman–Crippen MR) is 90.3 cm³/mol. The van der Waals surface area contributed by atoms with E-state index in [0.29, 0.717) is 6.04 Å². The molecule has 1 aliphatic carbocycles. The first-order chi connectivity index (χ1) is 11.4. The van der Waals surface area contributed by atoms with Gasteiger partial charge in [0.25, 0.3) is 11.8 Å². The molecule has 1 N–H and O–H groups in total. The molecule has 1 saturated carbocycles. The number of imide groups is 2. The van der Waals surface area contributed by atoms with E-state index in [-0.39, 0.29) is 12.1 Å². The van der Waals surface area contributed by atoms with Crippen molar-refractivity contribution in [2.24, 2.45) is 0 Å². The number of likely N-dealkylation sites (N-methyl/N-ethyl adjacent to an activating group) is 1. The molecular weight excluding hydrogens is 306 g/mol. The van der Waals surface area contributed by atoms with Gasteiger partial charge in [0.1, 0.15) is 5.57 Å². The molecule has 3 rings (SSSR count). The average Bonchev–Trinajstić information content (AvgIpc) is 3.12. The van der Waals surface area contributed by atoms with E-state index in [4.69, 9.17) is 0 Å². The Hall–Kier alpha value is -2.37. The maximum Gasteiger partial charge on any atom is 0.331 e. The lowest BCUT2D eigenvalue weighted by Gasteiger charge is -2.25. The summed E-state index contributed by atoms with van der Waals surface area (Å²) in [6, 6.07) is 1.86. The first kappa shape index (κ1) is 16.5. The molecule has 6 heteroatoms. The molecule has 2 fully saturated rings. The lowest BCUT2D eigenvalue weighted by Crippen LogP contribution is -2.53. The minimum Gasteiger partial charge on any atom is -0.346 e. The number of nitrogens with zero attached hydrogens (tertiary/aromatic N) is 2. The highest BCUT2D eigenvalue weighted by molar-refractivity contribution is 6.31. The highest BCUT2D eigenvalue weighted by Crippen LogP contribution is 2.34. The zero-order chi connectivity index (χ0) is 17.4. The van der Waals surface area contributed by atoms with Gasteiger partial charge in [-0.25, -0.2) is 4.79 Å². The Morgan fingerprint density at radius 1 is 1.21 bits per heavy atom. The van der Waals surface area contributed by atoms with Crippen molar-refractivity contribution in [3.8, 4) is 0 Å². The molecule has 0 bridgehead atoms. The van der Waals surface area contributed by atoms with Crippen LogP contribution in [0.15, 0.2) is 11.6 Å². The molecule has 0 aromatic carbocycles. The van der Waals surface area contributed by atoms with Crippen molar-refractivity contribution in [3.05, 3.63) is 28.6 Å². The Bertz CT molecular complexity index is 739. The summed E-state index contributed by atoms with van der Waals surface area (Å²) >= 11 is 0. The topological polar surface area (TPSA) is 71.4 Å². The van der Waals surface area contributed by atoms with Crippen LogP contribution in [0.3, 0.4) is 0 Å². The fraction of sp³-hybridized carbons (Fsp3) is 0.500. The lowest BCUT2D eigenvalue weighted by molar-refractivity contribution is -0.129. The van der Waals surface area contributed by atoms with Crippen LogP contribution in [0.25, 0.3) is 6.08 Å². The van der Waals surface area contributed by atoms with Crippen LogP contribution in [0.5, 0.6) is 0 Å². The van der Waals surface area contributed by atoms with Crippen LogP contribution in [-0.2, 0) is 9.59 Å². The normalized spacial score (nSPS) is 21.0. The van der Waals surface area contributed by atoms with E-state index in [0.717, 1.165) is 21.9 Å². The number of barbiturate groups is 1. The van der Waals surface area contributed by atoms with Crippen LogP contribution in [0.2, 0.25) is 0 Å². The highest BCUT2D eigenvalue weighted by Gasteiger charge is 2.35. The van der Waals surface area contributed by atoms with Crippen molar-refractivity contribution < 1.29 is 14.4 Å². The zero-order valence-electron chi connectivity index (χ0n) is 14.4.